The van der Waals surface area contributed by atoms with Crippen molar-refractivity contribution in [1.82, 2.24) is 5.48 Å². The van der Waals surface area contributed by atoms with E-state index in [9.17, 15) is 4.79 Å². The van der Waals surface area contributed by atoms with E-state index in [0.29, 0.717) is 5.56 Å². The van der Waals surface area contributed by atoms with Crippen molar-refractivity contribution in [3.05, 3.63) is 58.8 Å². The first kappa shape index (κ1) is 11.9. The maximum Gasteiger partial charge on any atom is 0.276 e. The molecular weight excluding hydrogens is 258 g/mol. The maximum atomic E-state index is 11.7. The molecule has 4 heteroatoms. The Labute approximate surface area is 114 Å². The van der Waals surface area contributed by atoms with Crippen LogP contribution in [0.4, 0.5) is 0 Å². The Morgan fingerprint density at radius 3 is 2.63 bits per heavy atom. The quantitative estimate of drug-likeness (QED) is 0.550. The molecule has 3 aromatic rings. The van der Waals surface area contributed by atoms with Crippen LogP contribution in [-0.4, -0.2) is 11.1 Å². The van der Waals surface area contributed by atoms with Gasteiger partial charge in [0.15, 0.2) is 0 Å². The summed E-state index contributed by atoms with van der Waals surface area (Å²) >= 11 is 1.44. The summed E-state index contributed by atoms with van der Waals surface area (Å²) < 4.78 is 0. The highest BCUT2D eigenvalue weighted by Crippen LogP contribution is 2.33. The number of carbonyl (C=O) groups excluding carboxylic acids is 1. The van der Waals surface area contributed by atoms with Crippen LogP contribution in [0, 0.1) is 0 Å². The van der Waals surface area contributed by atoms with Crippen molar-refractivity contribution in [2.45, 2.75) is 0 Å². The van der Waals surface area contributed by atoms with Gasteiger partial charge in [-0.3, -0.25) is 10.0 Å². The van der Waals surface area contributed by atoms with Gasteiger partial charge in [0, 0.05) is 10.9 Å². The molecule has 0 radical (unpaired) electrons. The largest absolute Gasteiger partial charge is 0.288 e. The number of hydrogen-bond donors (Lipinski definition) is 2. The van der Waals surface area contributed by atoms with Crippen LogP contribution in [0.3, 0.4) is 0 Å². The van der Waals surface area contributed by atoms with Gasteiger partial charge in [0.2, 0.25) is 0 Å². The number of hydroxylamine groups is 1. The maximum absolute atomic E-state index is 11.7. The Morgan fingerprint density at radius 2 is 1.79 bits per heavy atom. The third-order valence-electron chi connectivity index (χ3n) is 3.09. The van der Waals surface area contributed by atoms with Gasteiger partial charge in [0.25, 0.3) is 5.91 Å². The molecule has 1 aromatic heterocycles. The van der Waals surface area contributed by atoms with Gasteiger partial charge in [0.05, 0.1) is 5.56 Å². The molecule has 0 saturated carbocycles. The van der Waals surface area contributed by atoms with Gasteiger partial charge < -0.3 is 0 Å². The third-order valence-corrected chi connectivity index (χ3v) is 3.83. The molecule has 2 aromatic carbocycles. The molecule has 0 aliphatic heterocycles. The number of thiophene rings is 1. The summed E-state index contributed by atoms with van der Waals surface area (Å²) in [5.41, 5.74) is 4.02. The molecular formula is C15H11NO2S. The SMILES string of the molecule is O=C(NO)c1cscc1-c1cccc2ccccc12. The fourth-order valence-corrected chi connectivity index (χ4v) is 3.03. The van der Waals surface area contributed by atoms with Gasteiger partial charge in [0.1, 0.15) is 0 Å². The van der Waals surface area contributed by atoms with Crippen molar-refractivity contribution in [3.63, 3.8) is 0 Å². The average Bonchev–Trinajstić information content (AvgIpc) is 2.95. The van der Waals surface area contributed by atoms with Gasteiger partial charge in [-0.15, -0.1) is 0 Å². The molecule has 19 heavy (non-hydrogen) atoms. The zero-order chi connectivity index (χ0) is 13.2. The molecule has 94 valence electrons. The van der Waals surface area contributed by atoms with Crippen LogP contribution in [-0.2, 0) is 0 Å². The lowest BCUT2D eigenvalue weighted by Crippen LogP contribution is -2.18. The molecule has 0 spiro atoms. The highest BCUT2D eigenvalue weighted by Gasteiger charge is 2.14. The number of rotatable bonds is 2. The molecule has 1 heterocycles. The molecule has 0 fully saturated rings. The molecule has 0 aliphatic carbocycles. The summed E-state index contributed by atoms with van der Waals surface area (Å²) in [6.07, 6.45) is 0. The zero-order valence-corrected chi connectivity index (χ0v) is 10.8. The Hall–Kier alpha value is -2.17. The molecule has 3 rings (SSSR count). The normalized spacial score (nSPS) is 10.6. The van der Waals surface area contributed by atoms with E-state index in [1.807, 2.05) is 47.8 Å². The third kappa shape index (κ3) is 2.01. The first-order chi connectivity index (χ1) is 9.31. The van der Waals surface area contributed by atoms with E-state index in [1.54, 1.807) is 10.9 Å². The van der Waals surface area contributed by atoms with Crippen molar-refractivity contribution in [1.29, 1.82) is 0 Å². The van der Waals surface area contributed by atoms with Gasteiger partial charge in [-0.25, -0.2) is 5.48 Å². The number of nitrogens with one attached hydrogen (secondary N) is 1. The fraction of sp³-hybridized carbons (Fsp3) is 0. The number of fused-ring (bicyclic) bond motifs is 1. The minimum Gasteiger partial charge on any atom is -0.288 e. The number of amides is 1. The molecule has 0 atom stereocenters. The van der Waals surface area contributed by atoms with Crippen LogP contribution in [0.5, 0.6) is 0 Å². The average molecular weight is 269 g/mol. The molecule has 2 N–H and O–H groups in total. The van der Waals surface area contributed by atoms with Crippen molar-refractivity contribution in [3.8, 4) is 11.1 Å². The second-order valence-corrected chi connectivity index (χ2v) is 4.91. The predicted octanol–water partition coefficient (Wildman–Crippen LogP) is 3.69. The Morgan fingerprint density at radius 1 is 1.00 bits per heavy atom. The summed E-state index contributed by atoms with van der Waals surface area (Å²) in [6, 6.07) is 14.0. The second kappa shape index (κ2) is 4.84. The summed E-state index contributed by atoms with van der Waals surface area (Å²) in [4.78, 5) is 11.7. The van der Waals surface area contributed by atoms with Gasteiger partial charge in [-0.1, -0.05) is 42.5 Å². The van der Waals surface area contributed by atoms with E-state index >= 15 is 0 Å². The van der Waals surface area contributed by atoms with Crippen LogP contribution < -0.4 is 5.48 Å². The van der Waals surface area contributed by atoms with Crippen molar-refractivity contribution < 1.29 is 10.0 Å². The number of hydrogen-bond acceptors (Lipinski definition) is 3. The second-order valence-electron chi connectivity index (χ2n) is 4.17. The van der Waals surface area contributed by atoms with Gasteiger partial charge in [-0.05, 0) is 21.7 Å². The Kier molecular flexibility index (Phi) is 3.03. The van der Waals surface area contributed by atoms with Crippen LogP contribution >= 0.6 is 11.3 Å². The molecule has 0 aliphatic rings. The molecule has 0 saturated heterocycles. The first-order valence-electron chi connectivity index (χ1n) is 5.80. The fourth-order valence-electron chi connectivity index (χ4n) is 2.20. The van der Waals surface area contributed by atoms with Crippen LogP contribution in [0.2, 0.25) is 0 Å². The number of benzene rings is 2. The predicted molar refractivity (Wildman–Crippen MR) is 76.5 cm³/mol. The van der Waals surface area contributed by atoms with E-state index in [1.165, 1.54) is 11.3 Å². The van der Waals surface area contributed by atoms with E-state index < -0.39 is 5.91 Å². The van der Waals surface area contributed by atoms with E-state index in [-0.39, 0.29) is 0 Å². The lowest BCUT2D eigenvalue weighted by atomic mass is 9.97. The lowest BCUT2D eigenvalue weighted by Gasteiger charge is -2.07. The van der Waals surface area contributed by atoms with Crippen molar-refractivity contribution in [2.75, 3.05) is 0 Å². The van der Waals surface area contributed by atoms with Crippen molar-refractivity contribution in [2.24, 2.45) is 0 Å². The molecule has 1 amide bonds. The Balaban J connectivity index is 2.26. The van der Waals surface area contributed by atoms with Crippen LogP contribution in [0.25, 0.3) is 21.9 Å². The highest BCUT2D eigenvalue weighted by atomic mass is 32.1. The summed E-state index contributed by atoms with van der Waals surface area (Å²) in [5, 5.41) is 14.7. The van der Waals surface area contributed by atoms with Crippen molar-refractivity contribution >= 4 is 28.0 Å². The molecule has 3 nitrogen and oxygen atoms in total. The molecule has 0 unspecified atom stereocenters. The number of carbonyl (C=O) groups is 1. The first-order valence-corrected chi connectivity index (χ1v) is 6.74. The molecule has 0 bridgehead atoms. The van der Waals surface area contributed by atoms with Crippen LogP contribution in [0.15, 0.2) is 53.2 Å². The standard InChI is InChI=1S/C15H11NO2S/c17-15(16-18)14-9-19-8-13(14)12-7-3-5-10-4-1-2-6-11(10)12/h1-9,18H,(H,16,17). The summed E-state index contributed by atoms with van der Waals surface area (Å²) in [7, 11) is 0. The summed E-state index contributed by atoms with van der Waals surface area (Å²) in [6.45, 7) is 0. The lowest BCUT2D eigenvalue weighted by molar-refractivity contribution is 0.0707. The van der Waals surface area contributed by atoms with Gasteiger partial charge in [-0.2, -0.15) is 11.3 Å². The highest BCUT2D eigenvalue weighted by molar-refractivity contribution is 7.08. The van der Waals surface area contributed by atoms with E-state index in [2.05, 4.69) is 0 Å². The van der Waals surface area contributed by atoms with E-state index in [0.717, 1.165) is 21.9 Å². The summed E-state index contributed by atoms with van der Waals surface area (Å²) in [5.74, 6) is -0.482. The minimum absolute atomic E-state index is 0.482. The van der Waals surface area contributed by atoms with Crippen LogP contribution in [0.1, 0.15) is 10.4 Å². The monoisotopic (exact) mass is 269 g/mol. The Bertz CT molecular complexity index is 743. The minimum atomic E-state index is -0.482. The topological polar surface area (TPSA) is 49.3 Å². The smallest absolute Gasteiger partial charge is 0.276 e. The van der Waals surface area contributed by atoms with Gasteiger partial charge >= 0.3 is 0 Å². The zero-order valence-electron chi connectivity index (χ0n) is 9.96. The van der Waals surface area contributed by atoms with E-state index in [4.69, 9.17) is 5.21 Å².